The minimum absolute atomic E-state index is 0.718. The van der Waals surface area contributed by atoms with E-state index in [1.807, 2.05) is 18.2 Å². The fourth-order valence-electron chi connectivity index (χ4n) is 2.28. The van der Waals surface area contributed by atoms with Crippen molar-refractivity contribution < 1.29 is 0 Å². The second kappa shape index (κ2) is 5.10. The first-order chi connectivity index (χ1) is 8.84. The zero-order valence-electron chi connectivity index (χ0n) is 10.1. The summed E-state index contributed by atoms with van der Waals surface area (Å²) in [6, 6.07) is 8.11. The number of fused-ring (bicyclic) bond motifs is 1. The van der Waals surface area contributed by atoms with Gasteiger partial charge in [0.1, 0.15) is 5.82 Å². The zero-order valence-corrected chi connectivity index (χ0v) is 11.7. The van der Waals surface area contributed by atoms with Gasteiger partial charge in [0, 0.05) is 23.1 Å². The van der Waals surface area contributed by atoms with Crippen molar-refractivity contribution in [3.05, 3.63) is 40.4 Å². The molecule has 4 nitrogen and oxygen atoms in total. The molecule has 2 aromatic rings. The number of halogens is 1. The number of hydrogen-bond donors (Lipinski definition) is 1. The summed E-state index contributed by atoms with van der Waals surface area (Å²) in [5.41, 5.74) is 1.09. The Bertz CT molecular complexity index is 550. The molecule has 1 aliphatic rings. The maximum Gasteiger partial charge on any atom is 0.152 e. The van der Waals surface area contributed by atoms with Gasteiger partial charge >= 0.3 is 0 Å². The smallest absolute Gasteiger partial charge is 0.152 e. The van der Waals surface area contributed by atoms with Crippen molar-refractivity contribution in [3.63, 3.8) is 0 Å². The zero-order chi connectivity index (χ0) is 12.4. The molecule has 94 valence electrons. The normalized spacial score (nSPS) is 14.3. The van der Waals surface area contributed by atoms with Gasteiger partial charge in [-0.2, -0.15) is 0 Å². The van der Waals surface area contributed by atoms with E-state index in [1.54, 1.807) is 0 Å². The minimum Gasteiger partial charge on any atom is -0.377 e. The van der Waals surface area contributed by atoms with Crippen LogP contribution in [0.2, 0.25) is 0 Å². The Hall–Kier alpha value is -1.36. The van der Waals surface area contributed by atoms with Crippen LogP contribution in [0.4, 0.5) is 5.69 Å². The van der Waals surface area contributed by atoms with Crippen LogP contribution >= 0.6 is 15.9 Å². The van der Waals surface area contributed by atoms with Crippen LogP contribution in [0.3, 0.4) is 0 Å². The molecule has 0 saturated carbocycles. The molecule has 1 aromatic heterocycles. The summed E-state index contributed by atoms with van der Waals surface area (Å²) in [6.07, 6.45) is 3.52. The van der Waals surface area contributed by atoms with Crippen molar-refractivity contribution in [2.75, 3.05) is 5.32 Å². The third-order valence-corrected chi connectivity index (χ3v) is 3.94. The Morgan fingerprint density at radius 1 is 1.22 bits per heavy atom. The lowest BCUT2D eigenvalue weighted by molar-refractivity contribution is 0.510. The second-order valence-corrected chi connectivity index (χ2v) is 5.33. The van der Waals surface area contributed by atoms with Gasteiger partial charge in [-0.1, -0.05) is 12.1 Å². The summed E-state index contributed by atoms with van der Waals surface area (Å²) in [4.78, 5) is 0. The highest BCUT2D eigenvalue weighted by atomic mass is 79.9. The summed E-state index contributed by atoms with van der Waals surface area (Å²) in [6.45, 7) is 1.77. The van der Waals surface area contributed by atoms with Crippen LogP contribution in [0.15, 0.2) is 28.7 Å². The molecule has 1 N–H and O–H groups in total. The molecule has 0 radical (unpaired) electrons. The molecular formula is C13H15BrN4. The molecule has 2 heterocycles. The number of hydrogen-bond acceptors (Lipinski definition) is 3. The Labute approximate surface area is 115 Å². The molecule has 0 unspecified atom stereocenters. The Morgan fingerprint density at radius 2 is 2.11 bits per heavy atom. The van der Waals surface area contributed by atoms with Crippen LogP contribution in [0.1, 0.15) is 24.5 Å². The van der Waals surface area contributed by atoms with Gasteiger partial charge in [0.05, 0.1) is 6.54 Å². The highest BCUT2D eigenvalue weighted by Gasteiger charge is 2.15. The van der Waals surface area contributed by atoms with Crippen molar-refractivity contribution in [1.29, 1.82) is 0 Å². The Morgan fingerprint density at radius 3 is 3.00 bits per heavy atom. The predicted molar refractivity (Wildman–Crippen MR) is 74.4 cm³/mol. The Balaban J connectivity index is 1.74. The molecule has 0 spiro atoms. The summed E-state index contributed by atoms with van der Waals surface area (Å²) < 4.78 is 3.32. The number of aryl methyl sites for hydroxylation is 1. The van der Waals surface area contributed by atoms with Gasteiger partial charge in [0.2, 0.25) is 0 Å². The van der Waals surface area contributed by atoms with E-state index in [-0.39, 0.29) is 0 Å². The number of benzene rings is 1. The molecule has 0 bridgehead atoms. The summed E-state index contributed by atoms with van der Waals surface area (Å²) in [5.74, 6) is 2.16. The summed E-state index contributed by atoms with van der Waals surface area (Å²) in [5, 5.41) is 11.9. The van der Waals surface area contributed by atoms with E-state index >= 15 is 0 Å². The maximum atomic E-state index is 4.28. The molecule has 0 aliphatic carbocycles. The van der Waals surface area contributed by atoms with E-state index in [0.29, 0.717) is 0 Å². The average Bonchev–Trinajstić information content (AvgIpc) is 2.81. The molecular weight excluding hydrogens is 292 g/mol. The van der Waals surface area contributed by atoms with Crippen LogP contribution in [0.25, 0.3) is 0 Å². The molecule has 0 amide bonds. The van der Waals surface area contributed by atoms with Crippen molar-refractivity contribution in [1.82, 2.24) is 14.8 Å². The Kier molecular flexibility index (Phi) is 3.32. The van der Waals surface area contributed by atoms with E-state index in [4.69, 9.17) is 0 Å². The van der Waals surface area contributed by atoms with E-state index < -0.39 is 0 Å². The number of nitrogens with zero attached hydrogens (tertiary/aromatic N) is 3. The van der Waals surface area contributed by atoms with Crippen LogP contribution in [0, 0.1) is 0 Å². The first kappa shape index (κ1) is 11.7. The molecule has 1 aliphatic heterocycles. The van der Waals surface area contributed by atoms with Crippen molar-refractivity contribution >= 4 is 21.6 Å². The van der Waals surface area contributed by atoms with E-state index in [0.717, 1.165) is 41.3 Å². The third kappa shape index (κ3) is 2.27. The molecule has 0 saturated heterocycles. The van der Waals surface area contributed by atoms with Crippen molar-refractivity contribution in [3.8, 4) is 0 Å². The summed E-state index contributed by atoms with van der Waals surface area (Å²) >= 11 is 3.53. The molecule has 1 aromatic carbocycles. The summed E-state index contributed by atoms with van der Waals surface area (Å²) in [7, 11) is 0. The molecule has 0 fully saturated rings. The van der Waals surface area contributed by atoms with Crippen LogP contribution in [0.5, 0.6) is 0 Å². The standard InChI is InChI=1S/C13H15BrN4/c14-10-5-1-2-6-11(10)15-9-13-17-16-12-7-3-4-8-18(12)13/h1-2,5-6,15H,3-4,7-9H2. The van der Waals surface area contributed by atoms with Gasteiger partial charge in [-0.3, -0.25) is 0 Å². The number of rotatable bonds is 3. The topological polar surface area (TPSA) is 42.7 Å². The van der Waals surface area contributed by atoms with E-state index in [9.17, 15) is 0 Å². The lowest BCUT2D eigenvalue weighted by atomic mass is 10.2. The molecule has 18 heavy (non-hydrogen) atoms. The first-order valence-corrected chi connectivity index (χ1v) is 7.03. The van der Waals surface area contributed by atoms with Gasteiger partial charge in [0.15, 0.2) is 5.82 Å². The third-order valence-electron chi connectivity index (χ3n) is 3.25. The van der Waals surface area contributed by atoms with Crippen LogP contribution in [-0.4, -0.2) is 14.8 Å². The van der Waals surface area contributed by atoms with Crippen LogP contribution < -0.4 is 5.32 Å². The molecule has 3 rings (SSSR count). The van der Waals surface area contributed by atoms with E-state index in [1.165, 1.54) is 12.8 Å². The SMILES string of the molecule is Brc1ccccc1NCc1nnc2n1CCCC2. The molecule has 0 atom stereocenters. The van der Waals surface area contributed by atoms with Crippen molar-refractivity contribution in [2.45, 2.75) is 32.4 Å². The lowest BCUT2D eigenvalue weighted by Crippen LogP contribution is -2.15. The fourth-order valence-corrected chi connectivity index (χ4v) is 2.70. The largest absolute Gasteiger partial charge is 0.377 e. The number of nitrogens with one attached hydrogen (secondary N) is 1. The monoisotopic (exact) mass is 306 g/mol. The fraction of sp³-hybridized carbons (Fsp3) is 0.385. The van der Waals surface area contributed by atoms with Gasteiger partial charge < -0.3 is 9.88 Å². The first-order valence-electron chi connectivity index (χ1n) is 6.24. The molecule has 5 heteroatoms. The number of para-hydroxylation sites is 1. The maximum absolute atomic E-state index is 4.28. The average molecular weight is 307 g/mol. The van der Waals surface area contributed by atoms with Gasteiger partial charge in [-0.25, -0.2) is 0 Å². The van der Waals surface area contributed by atoms with Crippen LogP contribution in [-0.2, 0) is 19.5 Å². The van der Waals surface area contributed by atoms with Crippen molar-refractivity contribution in [2.24, 2.45) is 0 Å². The number of aromatic nitrogens is 3. The quantitative estimate of drug-likeness (QED) is 0.948. The predicted octanol–water partition coefficient (Wildman–Crippen LogP) is 2.99. The van der Waals surface area contributed by atoms with Gasteiger partial charge in [0.25, 0.3) is 0 Å². The highest BCUT2D eigenvalue weighted by molar-refractivity contribution is 9.10. The lowest BCUT2D eigenvalue weighted by Gasteiger charge is -2.15. The number of anilines is 1. The minimum atomic E-state index is 0.718. The van der Waals surface area contributed by atoms with E-state index in [2.05, 4.69) is 42.1 Å². The van der Waals surface area contributed by atoms with Gasteiger partial charge in [-0.15, -0.1) is 10.2 Å². The second-order valence-electron chi connectivity index (χ2n) is 4.47. The van der Waals surface area contributed by atoms with Gasteiger partial charge in [-0.05, 0) is 40.9 Å². The highest BCUT2D eigenvalue weighted by Crippen LogP contribution is 2.22.